The SMILES string of the molecule is CN(C)CCCN(CC(=O)NCc1cccnc1)S(C)(=O)=O. The van der Waals surface area contributed by atoms with Crippen molar-refractivity contribution < 1.29 is 13.2 Å². The molecule has 1 aromatic rings. The third kappa shape index (κ3) is 7.48. The molecule has 0 atom stereocenters. The molecular weight excluding hydrogens is 304 g/mol. The minimum absolute atomic E-state index is 0.160. The van der Waals surface area contributed by atoms with Crippen molar-refractivity contribution in [1.82, 2.24) is 19.5 Å². The first-order chi connectivity index (χ1) is 10.3. The fraction of sp³-hybridized carbons (Fsp3) is 0.571. The Morgan fingerprint density at radius 2 is 2.05 bits per heavy atom. The predicted octanol–water partition coefficient (Wildman–Crippen LogP) is -0.0889. The molecule has 0 bridgehead atoms. The number of hydrogen-bond donors (Lipinski definition) is 1. The van der Waals surface area contributed by atoms with Crippen LogP contribution >= 0.6 is 0 Å². The van der Waals surface area contributed by atoms with Crippen LogP contribution in [-0.4, -0.2) is 68.5 Å². The van der Waals surface area contributed by atoms with Crippen LogP contribution in [0.5, 0.6) is 0 Å². The molecular formula is C14H24N4O3S. The van der Waals surface area contributed by atoms with E-state index in [1.165, 1.54) is 4.31 Å². The average molecular weight is 328 g/mol. The van der Waals surface area contributed by atoms with E-state index in [4.69, 9.17) is 0 Å². The molecule has 0 fully saturated rings. The van der Waals surface area contributed by atoms with Gasteiger partial charge in [-0.15, -0.1) is 0 Å². The first kappa shape index (κ1) is 18.5. The zero-order chi connectivity index (χ0) is 16.6. The van der Waals surface area contributed by atoms with Gasteiger partial charge in [-0.1, -0.05) is 6.07 Å². The largest absolute Gasteiger partial charge is 0.351 e. The molecule has 1 aromatic heterocycles. The Morgan fingerprint density at radius 1 is 1.32 bits per heavy atom. The van der Waals surface area contributed by atoms with E-state index in [-0.39, 0.29) is 12.5 Å². The van der Waals surface area contributed by atoms with E-state index in [1.807, 2.05) is 25.1 Å². The summed E-state index contributed by atoms with van der Waals surface area (Å²) in [5.74, 6) is -0.320. The number of hydrogen-bond acceptors (Lipinski definition) is 5. The predicted molar refractivity (Wildman–Crippen MR) is 85.7 cm³/mol. The van der Waals surface area contributed by atoms with Crippen molar-refractivity contribution in [1.29, 1.82) is 0 Å². The van der Waals surface area contributed by atoms with Gasteiger partial charge in [-0.05, 0) is 38.7 Å². The Labute approximate surface area is 132 Å². The molecule has 0 aromatic carbocycles. The molecule has 0 unspecified atom stereocenters. The molecule has 7 nitrogen and oxygen atoms in total. The van der Waals surface area contributed by atoms with E-state index >= 15 is 0 Å². The summed E-state index contributed by atoms with van der Waals surface area (Å²) in [6, 6.07) is 3.63. The van der Waals surface area contributed by atoms with Gasteiger partial charge in [0.15, 0.2) is 0 Å². The number of carbonyl (C=O) groups excluding carboxylic acids is 1. The van der Waals surface area contributed by atoms with Crippen LogP contribution in [-0.2, 0) is 21.4 Å². The highest BCUT2D eigenvalue weighted by atomic mass is 32.2. The Balaban J connectivity index is 2.49. The minimum Gasteiger partial charge on any atom is -0.351 e. The summed E-state index contributed by atoms with van der Waals surface area (Å²) in [7, 11) is 0.445. The topological polar surface area (TPSA) is 82.6 Å². The van der Waals surface area contributed by atoms with E-state index in [1.54, 1.807) is 18.5 Å². The van der Waals surface area contributed by atoms with Gasteiger partial charge in [0.2, 0.25) is 15.9 Å². The second-order valence-corrected chi connectivity index (χ2v) is 7.37. The molecule has 1 rings (SSSR count). The lowest BCUT2D eigenvalue weighted by molar-refractivity contribution is -0.121. The normalized spacial score (nSPS) is 11.9. The highest BCUT2D eigenvalue weighted by Gasteiger charge is 2.19. The van der Waals surface area contributed by atoms with Gasteiger partial charge < -0.3 is 10.2 Å². The van der Waals surface area contributed by atoms with Crippen LogP contribution in [0.3, 0.4) is 0 Å². The highest BCUT2D eigenvalue weighted by molar-refractivity contribution is 7.88. The van der Waals surface area contributed by atoms with Crippen LogP contribution in [0.4, 0.5) is 0 Å². The molecule has 0 saturated heterocycles. The summed E-state index contributed by atoms with van der Waals surface area (Å²) in [4.78, 5) is 17.9. The van der Waals surface area contributed by atoms with E-state index in [0.29, 0.717) is 19.5 Å². The first-order valence-corrected chi connectivity index (χ1v) is 8.89. The van der Waals surface area contributed by atoms with Crippen LogP contribution in [0.25, 0.3) is 0 Å². The summed E-state index contributed by atoms with van der Waals surface area (Å²) in [6.45, 7) is 1.27. The number of aromatic nitrogens is 1. The zero-order valence-electron chi connectivity index (χ0n) is 13.3. The summed E-state index contributed by atoms with van der Waals surface area (Å²) in [6.07, 6.45) is 5.11. The van der Waals surface area contributed by atoms with Gasteiger partial charge in [-0.2, -0.15) is 4.31 Å². The van der Waals surface area contributed by atoms with Crippen molar-refractivity contribution in [3.8, 4) is 0 Å². The zero-order valence-corrected chi connectivity index (χ0v) is 14.1. The van der Waals surface area contributed by atoms with E-state index in [0.717, 1.165) is 18.4 Å². The molecule has 1 N–H and O–H groups in total. The lowest BCUT2D eigenvalue weighted by atomic mass is 10.3. The maximum atomic E-state index is 11.9. The molecule has 0 radical (unpaired) electrons. The molecule has 0 aliphatic carbocycles. The van der Waals surface area contributed by atoms with Gasteiger partial charge >= 0.3 is 0 Å². The maximum absolute atomic E-state index is 11.9. The third-order valence-electron chi connectivity index (χ3n) is 3.01. The number of rotatable bonds is 9. The quantitative estimate of drug-likeness (QED) is 0.685. The summed E-state index contributed by atoms with van der Waals surface area (Å²) in [5.41, 5.74) is 0.870. The number of carbonyl (C=O) groups is 1. The van der Waals surface area contributed by atoms with Crippen molar-refractivity contribution in [3.05, 3.63) is 30.1 Å². The standard InChI is InChI=1S/C14H24N4O3S/c1-17(2)8-5-9-18(22(3,20)21)12-14(19)16-11-13-6-4-7-15-10-13/h4,6-7,10H,5,8-9,11-12H2,1-3H3,(H,16,19). The molecule has 22 heavy (non-hydrogen) atoms. The molecule has 0 aliphatic rings. The van der Waals surface area contributed by atoms with E-state index < -0.39 is 10.0 Å². The van der Waals surface area contributed by atoms with Gasteiger partial charge in [-0.3, -0.25) is 9.78 Å². The fourth-order valence-corrected chi connectivity index (χ4v) is 2.66. The van der Waals surface area contributed by atoms with Crippen molar-refractivity contribution in [2.24, 2.45) is 0 Å². The molecule has 124 valence electrons. The van der Waals surface area contributed by atoms with Gasteiger partial charge in [0.25, 0.3) is 0 Å². The second-order valence-electron chi connectivity index (χ2n) is 5.39. The Morgan fingerprint density at radius 3 is 2.59 bits per heavy atom. The summed E-state index contributed by atoms with van der Waals surface area (Å²) in [5, 5.41) is 2.71. The molecule has 1 heterocycles. The molecule has 8 heteroatoms. The van der Waals surface area contributed by atoms with Crippen LogP contribution in [0, 0.1) is 0 Å². The van der Waals surface area contributed by atoms with Crippen molar-refractivity contribution >= 4 is 15.9 Å². The van der Waals surface area contributed by atoms with Crippen molar-refractivity contribution in [2.45, 2.75) is 13.0 Å². The lowest BCUT2D eigenvalue weighted by Gasteiger charge is -2.20. The Hall–Kier alpha value is -1.51. The van der Waals surface area contributed by atoms with Gasteiger partial charge in [-0.25, -0.2) is 8.42 Å². The van der Waals surface area contributed by atoms with Crippen LogP contribution in [0.2, 0.25) is 0 Å². The average Bonchev–Trinajstić information content (AvgIpc) is 2.44. The first-order valence-electron chi connectivity index (χ1n) is 7.04. The Bertz CT molecular complexity index is 561. The van der Waals surface area contributed by atoms with Crippen LogP contribution < -0.4 is 5.32 Å². The molecule has 0 aliphatic heterocycles. The van der Waals surface area contributed by atoms with Gasteiger partial charge in [0, 0.05) is 25.5 Å². The van der Waals surface area contributed by atoms with E-state index in [2.05, 4.69) is 10.3 Å². The van der Waals surface area contributed by atoms with E-state index in [9.17, 15) is 13.2 Å². The van der Waals surface area contributed by atoms with Gasteiger partial charge in [0.05, 0.1) is 12.8 Å². The van der Waals surface area contributed by atoms with Crippen molar-refractivity contribution in [3.63, 3.8) is 0 Å². The maximum Gasteiger partial charge on any atom is 0.235 e. The minimum atomic E-state index is -3.40. The fourth-order valence-electron chi connectivity index (χ4n) is 1.84. The highest BCUT2D eigenvalue weighted by Crippen LogP contribution is 2.01. The molecule has 1 amide bonds. The van der Waals surface area contributed by atoms with Crippen LogP contribution in [0.15, 0.2) is 24.5 Å². The number of sulfonamides is 1. The number of amides is 1. The van der Waals surface area contributed by atoms with Gasteiger partial charge in [0.1, 0.15) is 0 Å². The number of pyridine rings is 1. The van der Waals surface area contributed by atoms with Crippen molar-refractivity contribution in [2.75, 3.05) is 40.0 Å². The monoisotopic (exact) mass is 328 g/mol. The third-order valence-corrected chi connectivity index (χ3v) is 4.26. The summed E-state index contributed by atoms with van der Waals surface area (Å²) < 4.78 is 24.7. The molecule has 0 saturated carbocycles. The van der Waals surface area contributed by atoms with Crippen LogP contribution in [0.1, 0.15) is 12.0 Å². The smallest absolute Gasteiger partial charge is 0.235 e. The Kier molecular flexibility index (Phi) is 7.43. The number of nitrogens with zero attached hydrogens (tertiary/aromatic N) is 3. The second kappa shape index (κ2) is 8.82. The lowest BCUT2D eigenvalue weighted by Crippen LogP contribution is -2.41. The molecule has 0 spiro atoms. The number of nitrogens with one attached hydrogen (secondary N) is 1. The summed E-state index contributed by atoms with van der Waals surface area (Å²) >= 11 is 0.